The first-order chi connectivity index (χ1) is 8.00. The standard InChI is InChI=1S/C12H17FN2O2/c1-15(2)6-3-7-17-12(16)9-4-5-10(13)11(14)8-9/h4-5,8H,3,6-7,14H2,1-2H3. The number of anilines is 1. The van der Waals surface area contributed by atoms with E-state index in [0.717, 1.165) is 19.0 Å². The van der Waals surface area contributed by atoms with Crippen LogP contribution in [0.15, 0.2) is 18.2 Å². The molecule has 0 amide bonds. The number of halogens is 1. The smallest absolute Gasteiger partial charge is 0.338 e. The van der Waals surface area contributed by atoms with E-state index >= 15 is 0 Å². The van der Waals surface area contributed by atoms with E-state index in [1.807, 2.05) is 19.0 Å². The summed E-state index contributed by atoms with van der Waals surface area (Å²) in [5.74, 6) is -1.01. The molecular weight excluding hydrogens is 223 g/mol. The molecule has 5 heteroatoms. The van der Waals surface area contributed by atoms with Gasteiger partial charge in [-0.05, 0) is 38.7 Å². The van der Waals surface area contributed by atoms with Gasteiger partial charge >= 0.3 is 5.97 Å². The molecule has 0 radical (unpaired) electrons. The largest absolute Gasteiger partial charge is 0.462 e. The van der Waals surface area contributed by atoms with Gasteiger partial charge in [0.15, 0.2) is 0 Å². The second-order valence-corrected chi connectivity index (χ2v) is 4.03. The molecule has 0 atom stereocenters. The highest BCUT2D eigenvalue weighted by molar-refractivity contribution is 5.90. The Morgan fingerprint density at radius 3 is 2.76 bits per heavy atom. The Morgan fingerprint density at radius 2 is 2.18 bits per heavy atom. The van der Waals surface area contributed by atoms with Crippen LogP contribution in [0, 0.1) is 5.82 Å². The van der Waals surface area contributed by atoms with Crippen LogP contribution >= 0.6 is 0 Å². The van der Waals surface area contributed by atoms with E-state index in [-0.39, 0.29) is 11.3 Å². The minimum absolute atomic E-state index is 0.0484. The first-order valence-electron chi connectivity index (χ1n) is 5.37. The minimum Gasteiger partial charge on any atom is -0.462 e. The third kappa shape index (κ3) is 4.40. The van der Waals surface area contributed by atoms with Crippen molar-refractivity contribution in [3.63, 3.8) is 0 Å². The summed E-state index contributed by atoms with van der Waals surface area (Å²) >= 11 is 0. The molecule has 0 aliphatic rings. The fraction of sp³-hybridized carbons (Fsp3) is 0.417. The summed E-state index contributed by atoms with van der Waals surface area (Å²) in [4.78, 5) is 13.5. The average molecular weight is 240 g/mol. The summed E-state index contributed by atoms with van der Waals surface area (Å²) in [5, 5.41) is 0. The van der Waals surface area contributed by atoms with Gasteiger partial charge in [0.1, 0.15) is 5.82 Å². The van der Waals surface area contributed by atoms with Crippen LogP contribution in [0.1, 0.15) is 16.8 Å². The van der Waals surface area contributed by atoms with Crippen molar-refractivity contribution in [2.45, 2.75) is 6.42 Å². The normalized spacial score (nSPS) is 10.6. The second-order valence-electron chi connectivity index (χ2n) is 4.03. The lowest BCUT2D eigenvalue weighted by molar-refractivity contribution is 0.0493. The van der Waals surface area contributed by atoms with Crippen LogP contribution in [-0.2, 0) is 4.74 Å². The summed E-state index contributed by atoms with van der Waals surface area (Å²) < 4.78 is 17.9. The molecule has 94 valence electrons. The highest BCUT2D eigenvalue weighted by Gasteiger charge is 2.09. The van der Waals surface area contributed by atoms with Crippen molar-refractivity contribution in [2.24, 2.45) is 0 Å². The van der Waals surface area contributed by atoms with Gasteiger partial charge in [0.2, 0.25) is 0 Å². The van der Waals surface area contributed by atoms with E-state index in [0.29, 0.717) is 6.61 Å². The molecule has 0 spiro atoms. The molecule has 1 rings (SSSR count). The molecule has 0 bridgehead atoms. The fourth-order valence-corrected chi connectivity index (χ4v) is 1.30. The molecule has 4 nitrogen and oxygen atoms in total. The molecule has 0 saturated heterocycles. The Labute approximate surface area is 100 Å². The maximum Gasteiger partial charge on any atom is 0.338 e. The van der Waals surface area contributed by atoms with Crippen molar-refractivity contribution in [3.05, 3.63) is 29.6 Å². The van der Waals surface area contributed by atoms with Crippen LogP contribution in [0.2, 0.25) is 0 Å². The summed E-state index contributed by atoms with van der Waals surface area (Å²) in [6.45, 7) is 1.19. The third-order valence-electron chi connectivity index (χ3n) is 2.21. The number of esters is 1. The summed E-state index contributed by atoms with van der Waals surface area (Å²) in [6, 6.07) is 3.80. The number of benzene rings is 1. The fourth-order valence-electron chi connectivity index (χ4n) is 1.30. The zero-order chi connectivity index (χ0) is 12.8. The van der Waals surface area contributed by atoms with Crippen LogP contribution in [0.3, 0.4) is 0 Å². The van der Waals surface area contributed by atoms with Crippen molar-refractivity contribution in [3.8, 4) is 0 Å². The lowest BCUT2D eigenvalue weighted by atomic mass is 10.2. The molecule has 1 aromatic rings. The van der Waals surface area contributed by atoms with Gasteiger partial charge in [-0.3, -0.25) is 0 Å². The van der Waals surface area contributed by atoms with Gasteiger partial charge in [-0.2, -0.15) is 0 Å². The number of carbonyl (C=O) groups is 1. The Balaban J connectivity index is 2.44. The molecule has 0 aliphatic carbocycles. The average Bonchev–Trinajstić information content (AvgIpc) is 2.27. The van der Waals surface area contributed by atoms with E-state index in [2.05, 4.69) is 0 Å². The van der Waals surface area contributed by atoms with E-state index in [1.165, 1.54) is 12.1 Å². The quantitative estimate of drug-likeness (QED) is 0.481. The Bertz CT molecular complexity index is 394. The second kappa shape index (κ2) is 6.20. The molecule has 0 fully saturated rings. The topological polar surface area (TPSA) is 55.6 Å². The summed E-state index contributed by atoms with van der Waals surface area (Å²) in [6.07, 6.45) is 0.759. The number of hydrogen-bond acceptors (Lipinski definition) is 4. The predicted molar refractivity (Wildman–Crippen MR) is 64.3 cm³/mol. The van der Waals surface area contributed by atoms with Gasteiger partial charge < -0.3 is 15.4 Å². The van der Waals surface area contributed by atoms with E-state index in [1.54, 1.807) is 0 Å². The zero-order valence-electron chi connectivity index (χ0n) is 10.1. The van der Waals surface area contributed by atoms with Gasteiger partial charge in [0.25, 0.3) is 0 Å². The zero-order valence-corrected chi connectivity index (χ0v) is 10.1. The lowest BCUT2D eigenvalue weighted by Crippen LogP contribution is -2.16. The van der Waals surface area contributed by atoms with E-state index < -0.39 is 11.8 Å². The number of hydrogen-bond donors (Lipinski definition) is 1. The van der Waals surface area contributed by atoms with E-state index in [4.69, 9.17) is 10.5 Å². The van der Waals surface area contributed by atoms with Crippen LogP contribution in [-0.4, -0.2) is 38.1 Å². The van der Waals surface area contributed by atoms with Crippen LogP contribution in [0.25, 0.3) is 0 Å². The maximum atomic E-state index is 12.9. The molecule has 1 aromatic carbocycles. The minimum atomic E-state index is -0.533. The Kier molecular flexibility index (Phi) is 4.90. The lowest BCUT2D eigenvalue weighted by Gasteiger charge is -2.09. The summed E-state index contributed by atoms with van der Waals surface area (Å²) in [7, 11) is 3.89. The van der Waals surface area contributed by atoms with Gasteiger partial charge in [-0.1, -0.05) is 0 Å². The van der Waals surface area contributed by atoms with Crippen LogP contribution in [0.5, 0.6) is 0 Å². The molecule has 2 N–H and O–H groups in total. The van der Waals surface area contributed by atoms with E-state index in [9.17, 15) is 9.18 Å². The molecule has 0 aromatic heterocycles. The number of carbonyl (C=O) groups excluding carboxylic acids is 1. The molecule has 0 unspecified atom stereocenters. The molecule has 17 heavy (non-hydrogen) atoms. The first kappa shape index (κ1) is 13.4. The number of ether oxygens (including phenoxy) is 1. The van der Waals surface area contributed by atoms with Gasteiger partial charge in [-0.15, -0.1) is 0 Å². The SMILES string of the molecule is CN(C)CCCOC(=O)c1ccc(F)c(N)c1. The van der Waals surface area contributed by atoms with Crippen molar-refractivity contribution in [2.75, 3.05) is 33.0 Å². The van der Waals surface area contributed by atoms with Crippen molar-refractivity contribution in [1.82, 2.24) is 4.90 Å². The highest BCUT2D eigenvalue weighted by atomic mass is 19.1. The summed E-state index contributed by atoms with van der Waals surface area (Å²) in [5.41, 5.74) is 5.59. The van der Waals surface area contributed by atoms with Gasteiger partial charge in [0, 0.05) is 6.54 Å². The molecule has 0 aliphatic heterocycles. The number of rotatable bonds is 5. The predicted octanol–water partition coefficient (Wildman–Crippen LogP) is 1.52. The number of nitrogens with two attached hydrogens (primary N) is 1. The number of nitrogens with zero attached hydrogens (tertiary/aromatic N) is 1. The van der Waals surface area contributed by atoms with Crippen molar-refractivity contribution in [1.29, 1.82) is 0 Å². The molecule has 0 saturated carbocycles. The first-order valence-corrected chi connectivity index (χ1v) is 5.37. The van der Waals surface area contributed by atoms with Gasteiger partial charge in [0.05, 0.1) is 17.9 Å². The highest BCUT2D eigenvalue weighted by Crippen LogP contribution is 2.13. The molecule has 0 heterocycles. The van der Waals surface area contributed by atoms with Crippen LogP contribution < -0.4 is 5.73 Å². The Hall–Kier alpha value is -1.62. The Morgan fingerprint density at radius 1 is 1.47 bits per heavy atom. The van der Waals surface area contributed by atoms with Crippen molar-refractivity contribution < 1.29 is 13.9 Å². The monoisotopic (exact) mass is 240 g/mol. The van der Waals surface area contributed by atoms with Gasteiger partial charge in [-0.25, -0.2) is 9.18 Å². The maximum absolute atomic E-state index is 12.9. The van der Waals surface area contributed by atoms with Crippen LogP contribution in [0.4, 0.5) is 10.1 Å². The number of nitrogen functional groups attached to an aromatic ring is 1. The molecular formula is C12H17FN2O2. The van der Waals surface area contributed by atoms with Crippen molar-refractivity contribution >= 4 is 11.7 Å². The third-order valence-corrected chi connectivity index (χ3v) is 2.21.